The molecular weight excluding hydrogens is 835 g/mol. The standard InChI is InChI=1S/C66H47N3/c1-3-22-55(23-4-1)67(64-29-13-19-52-16-7-10-26-61(52)64)57-40-32-48(33-41-57)50-36-44-59(45-37-50)69(66-31-15-21-54-18-9-12-28-63(54)66)60-46-38-51(39-47-60)49-34-42-58(43-35-49)68(56-24-5-2-6-25-56)65-30-14-20-53-17-8-11-27-62(53)65/h1-47H. The molecule has 0 saturated carbocycles. The van der Waals surface area contributed by atoms with Gasteiger partial charge in [0.2, 0.25) is 0 Å². The molecule has 0 radical (unpaired) electrons. The summed E-state index contributed by atoms with van der Waals surface area (Å²) in [6.45, 7) is 0. The summed E-state index contributed by atoms with van der Waals surface area (Å²) in [5.41, 5.74) is 14.7. The Morgan fingerprint density at radius 3 is 0.652 bits per heavy atom. The Kier molecular flexibility index (Phi) is 10.9. The molecule has 0 atom stereocenters. The van der Waals surface area contributed by atoms with Crippen molar-refractivity contribution in [2.24, 2.45) is 0 Å². The minimum Gasteiger partial charge on any atom is -0.310 e. The van der Waals surface area contributed by atoms with Gasteiger partial charge in [0.1, 0.15) is 0 Å². The van der Waals surface area contributed by atoms with E-state index in [2.05, 4.69) is 300 Å². The largest absolute Gasteiger partial charge is 0.310 e. The van der Waals surface area contributed by atoms with Gasteiger partial charge in [-0.1, -0.05) is 194 Å². The van der Waals surface area contributed by atoms with Crippen molar-refractivity contribution in [3.63, 3.8) is 0 Å². The second-order valence-corrected chi connectivity index (χ2v) is 17.4. The summed E-state index contributed by atoms with van der Waals surface area (Å²) in [5.74, 6) is 0. The van der Waals surface area contributed by atoms with Crippen LogP contribution in [0.3, 0.4) is 0 Å². The van der Waals surface area contributed by atoms with E-state index in [0.717, 1.165) is 73.4 Å². The molecule has 0 heterocycles. The van der Waals surface area contributed by atoms with Crippen molar-refractivity contribution < 1.29 is 0 Å². The number of hydrogen-bond donors (Lipinski definition) is 0. The van der Waals surface area contributed by atoms with Crippen LogP contribution in [0.5, 0.6) is 0 Å². The highest BCUT2D eigenvalue weighted by Gasteiger charge is 2.19. The Hall–Kier alpha value is -9.18. The van der Waals surface area contributed by atoms with Gasteiger partial charge in [-0.25, -0.2) is 0 Å². The van der Waals surface area contributed by atoms with Gasteiger partial charge in [0, 0.05) is 50.3 Å². The van der Waals surface area contributed by atoms with Gasteiger partial charge in [0.25, 0.3) is 0 Å². The molecule has 0 aliphatic heterocycles. The smallest absolute Gasteiger partial charge is 0.0540 e. The maximum absolute atomic E-state index is 2.38. The van der Waals surface area contributed by atoms with Crippen LogP contribution in [0.2, 0.25) is 0 Å². The van der Waals surface area contributed by atoms with Crippen LogP contribution in [0.25, 0.3) is 54.6 Å². The number of hydrogen-bond acceptors (Lipinski definition) is 3. The predicted molar refractivity (Wildman–Crippen MR) is 294 cm³/mol. The molecule has 0 bridgehead atoms. The summed E-state index contributed by atoms with van der Waals surface area (Å²) in [7, 11) is 0. The lowest BCUT2D eigenvalue weighted by molar-refractivity contribution is 1.29. The summed E-state index contributed by atoms with van der Waals surface area (Å²) < 4.78 is 0. The van der Waals surface area contributed by atoms with Gasteiger partial charge in [-0.15, -0.1) is 0 Å². The van der Waals surface area contributed by atoms with Crippen LogP contribution in [0, 0.1) is 0 Å². The average Bonchev–Trinajstić information content (AvgIpc) is 3.43. The zero-order valence-electron chi connectivity index (χ0n) is 38.0. The van der Waals surface area contributed by atoms with E-state index in [9.17, 15) is 0 Å². The van der Waals surface area contributed by atoms with Crippen molar-refractivity contribution in [3.05, 3.63) is 285 Å². The third-order valence-corrected chi connectivity index (χ3v) is 13.2. The van der Waals surface area contributed by atoms with E-state index in [4.69, 9.17) is 0 Å². The van der Waals surface area contributed by atoms with Crippen molar-refractivity contribution in [1.82, 2.24) is 0 Å². The quantitative estimate of drug-likeness (QED) is 0.128. The maximum Gasteiger partial charge on any atom is 0.0540 e. The molecule has 0 aliphatic carbocycles. The zero-order valence-corrected chi connectivity index (χ0v) is 38.0. The first-order valence-electron chi connectivity index (χ1n) is 23.6. The number of benzene rings is 12. The monoisotopic (exact) mass is 881 g/mol. The fourth-order valence-electron chi connectivity index (χ4n) is 9.86. The van der Waals surface area contributed by atoms with E-state index in [1.54, 1.807) is 0 Å². The Morgan fingerprint density at radius 2 is 0.377 bits per heavy atom. The first-order valence-corrected chi connectivity index (χ1v) is 23.6. The van der Waals surface area contributed by atoms with Crippen molar-refractivity contribution in [1.29, 1.82) is 0 Å². The number of nitrogens with zero attached hydrogens (tertiary/aromatic N) is 3. The molecule has 0 fully saturated rings. The summed E-state index contributed by atoms with van der Waals surface area (Å²) in [6, 6.07) is 103. The molecule has 3 nitrogen and oxygen atoms in total. The van der Waals surface area contributed by atoms with Gasteiger partial charge in [-0.3, -0.25) is 0 Å². The van der Waals surface area contributed by atoms with E-state index in [1.807, 2.05) is 0 Å². The van der Waals surface area contributed by atoms with Crippen molar-refractivity contribution in [2.75, 3.05) is 14.7 Å². The topological polar surface area (TPSA) is 9.72 Å². The molecule has 0 aliphatic rings. The first kappa shape index (κ1) is 41.3. The Balaban J connectivity index is 0.863. The highest BCUT2D eigenvalue weighted by atomic mass is 15.2. The SMILES string of the molecule is c1ccc(N(c2ccc(-c3ccc(N(c4ccc(-c5ccc(N(c6ccccc6)c6cccc7ccccc67)cc5)cc4)c4cccc5ccccc45)cc3)cc2)c2cccc3ccccc23)cc1. The third kappa shape index (κ3) is 8.03. The summed E-state index contributed by atoms with van der Waals surface area (Å²) in [5, 5.41) is 7.27. The number of anilines is 9. The first-order chi connectivity index (χ1) is 34.2. The second kappa shape index (κ2) is 18.2. The molecule has 69 heavy (non-hydrogen) atoms. The Bertz CT molecular complexity index is 3470. The van der Waals surface area contributed by atoms with E-state index >= 15 is 0 Å². The van der Waals surface area contributed by atoms with Gasteiger partial charge in [0.05, 0.1) is 17.1 Å². The van der Waals surface area contributed by atoms with Gasteiger partial charge in [-0.2, -0.15) is 0 Å². The van der Waals surface area contributed by atoms with Gasteiger partial charge in [-0.05, 0) is 129 Å². The minimum atomic E-state index is 1.09. The van der Waals surface area contributed by atoms with Crippen LogP contribution in [-0.2, 0) is 0 Å². The van der Waals surface area contributed by atoms with E-state index in [1.165, 1.54) is 32.3 Å². The molecule has 0 saturated heterocycles. The third-order valence-electron chi connectivity index (χ3n) is 13.2. The molecule has 0 amide bonds. The van der Waals surface area contributed by atoms with Crippen molar-refractivity contribution in [3.8, 4) is 22.3 Å². The van der Waals surface area contributed by atoms with Gasteiger partial charge in [0.15, 0.2) is 0 Å². The highest BCUT2D eigenvalue weighted by Crippen LogP contribution is 2.43. The average molecular weight is 882 g/mol. The van der Waals surface area contributed by atoms with Gasteiger partial charge >= 0.3 is 0 Å². The molecular formula is C66H47N3. The normalized spacial score (nSPS) is 11.2. The van der Waals surface area contributed by atoms with Crippen LogP contribution < -0.4 is 14.7 Å². The fourth-order valence-corrected chi connectivity index (χ4v) is 9.86. The lowest BCUT2D eigenvalue weighted by Crippen LogP contribution is -2.10. The van der Waals surface area contributed by atoms with E-state index < -0.39 is 0 Å². The lowest BCUT2D eigenvalue weighted by atomic mass is 10.0. The van der Waals surface area contributed by atoms with E-state index in [0.29, 0.717) is 0 Å². The Labute approximate surface area is 403 Å². The van der Waals surface area contributed by atoms with Crippen LogP contribution in [-0.4, -0.2) is 0 Å². The summed E-state index contributed by atoms with van der Waals surface area (Å²) in [6.07, 6.45) is 0. The molecule has 0 unspecified atom stereocenters. The number of rotatable bonds is 11. The predicted octanol–water partition coefficient (Wildman–Crippen LogP) is 18.9. The van der Waals surface area contributed by atoms with Crippen molar-refractivity contribution in [2.45, 2.75) is 0 Å². The number of para-hydroxylation sites is 2. The Morgan fingerprint density at radius 1 is 0.159 bits per heavy atom. The molecule has 0 N–H and O–H groups in total. The fraction of sp³-hybridized carbons (Fsp3) is 0. The van der Waals surface area contributed by atoms with Crippen LogP contribution in [0.4, 0.5) is 51.2 Å². The molecule has 12 aromatic carbocycles. The molecule has 326 valence electrons. The molecule has 0 spiro atoms. The molecule has 12 rings (SSSR count). The molecule has 3 heteroatoms. The highest BCUT2D eigenvalue weighted by molar-refractivity contribution is 6.01. The van der Waals surface area contributed by atoms with Crippen LogP contribution in [0.1, 0.15) is 0 Å². The molecule has 0 aromatic heterocycles. The lowest BCUT2D eigenvalue weighted by Gasteiger charge is -2.28. The maximum atomic E-state index is 2.38. The van der Waals surface area contributed by atoms with Crippen LogP contribution >= 0.6 is 0 Å². The minimum absolute atomic E-state index is 1.09. The van der Waals surface area contributed by atoms with Crippen molar-refractivity contribution >= 4 is 83.5 Å². The molecule has 12 aromatic rings. The summed E-state index contributed by atoms with van der Waals surface area (Å²) in [4.78, 5) is 7.08. The van der Waals surface area contributed by atoms with E-state index in [-0.39, 0.29) is 0 Å². The zero-order chi connectivity index (χ0) is 45.9. The van der Waals surface area contributed by atoms with Crippen LogP contribution in [0.15, 0.2) is 285 Å². The number of fused-ring (bicyclic) bond motifs is 3. The van der Waals surface area contributed by atoms with Gasteiger partial charge < -0.3 is 14.7 Å². The second-order valence-electron chi connectivity index (χ2n) is 17.4. The summed E-state index contributed by atoms with van der Waals surface area (Å²) >= 11 is 0.